The second-order valence-electron chi connectivity index (χ2n) is 5.35. The first-order chi connectivity index (χ1) is 8.79. The van der Waals surface area contributed by atoms with Gasteiger partial charge in [0.1, 0.15) is 5.82 Å². The molecule has 1 aromatic carbocycles. The highest BCUT2D eigenvalue weighted by Crippen LogP contribution is 2.33. The van der Waals surface area contributed by atoms with E-state index in [9.17, 15) is 0 Å². The van der Waals surface area contributed by atoms with Gasteiger partial charge in [-0.25, -0.2) is 4.98 Å². The van der Waals surface area contributed by atoms with E-state index in [1.54, 1.807) is 0 Å². The third kappa shape index (κ3) is 2.05. The first-order valence-electron chi connectivity index (χ1n) is 6.85. The molecule has 1 aliphatic carbocycles. The molecule has 0 atom stereocenters. The summed E-state index contributed by atoms with van der Waals surface area (Å²) in [6.45, 7) is 0. The van der Waals surface area contributed by atoms with Crippen LogP contribution in [0.15, 0.2) is 18.2 Å². The topological polar surface area (TPSA) is 17.8 Å². The molecule has 1 aromatic heterocycles. The fourth-order valence-corrected chi connectivity index (χ4v) is 3.28. The van der Waals surface area contributed by atoms with E-state index in [2.05, 4.69) is 42.4 Å². The van der Waals surface area contributed by atoms with E-state index >= 15 is 0 Å². The number of hydrogen-bond donors (Lipinski definition) is 1. The zero-order valence-corrected chi connectivity index (χ0v) is 11.8. The SMILES string of the molecule is Cn1c(C2CCCCC2)nc2cc(CS)ccc21. The van der Waals surface area contributed by atoms with E-state index in [1.807, 2.05) is 0 Å². The molecule has 1 aliphatic rings. The van der Waals surface area contributed by atoms with Crippen LogP contribution < -0.4 is 0 Å². The molecular weight excluding hydrogens is 240 g/mol. The van der Waals surface area contributed by atoms with Gasteiger partial charge < -0.3 is 4.57 Å². The van der Waals surface area contributed by atoms with Crippen LogP contribution in [0.1, 0.15) is 49.4 Å². The fraction of sp³-hybridized carbons (Fsp3) is 0.533. The van der Waals surface area contributed by atoms with Gasteiger partial charge in [0, 0.05) is 18.7 Å². The standard InChI is InChI=1S/C15H20N2S/c1-17-14-8-7-11(10-18)9-13(14)16-15(17)12-5-3-2-4-6-12/h7-9,12,18H,2-6,10H2,1H3. The van der Waals surface area contributed by atoms with Gasteiger partial charge in [-0.2, -0.15) is 12.6 Å². The Morgan fingerprint density at radius 3 is 2.78 bits per heavy atom. The zero-order valence-electron chi connectivity index (χ0n) is 10.9. The van der Waals surface area contributed by atoms with Crippen molar-refractivity contribution in [3.63, 3.8) is 0 Å². The minimum absolute atomic E-state index is 0.663. The van der Waals surface area contributed by atoms with Gasteiger partial charge in [0.15, 0.2) is 0 Å². The fourth-order valence-electron chi connectivity index (χ4n) is 3.09. The molecule has 0 bridgehead atoms. The van der Waals surface area contributed by atoms with Crippen molar-refractivity contribution in [1.29, 1.82) is 0 Å². The van der Waals surface area contributed by atoms with Crippen LogP contribution in [0.2, 0.25) is 0 Å². The second-order valence-corrected chi connectivity index (χ2v) is 5.66. The molecule has 2 nitrogen and oxygen atoms in total. The predicted molar refractivity (Wildman–Crippen MR) is 79.2 cm³/mol. The normalized spacial score (nSPS) is 17.4. The van der Waals surface area contributed by atoms with Gasteiger partial charge in [0.05, 0.1) is 11.0 Å². The van der Waals surface area contributed by atoms with Crippen LogP contribution in [0.5, 0.6) is 0 Å². The molecule has 1 fully saturated rings. The monoisotopic (exact) mass is 260 g/mol. The van der Waals surface area contributed by atoms with Crippen molar-refractivity contribution >= 4 is 23.7 Å². The maximum absolute atomic E-state index is 4.87. The molecule has 0 spiro atoms. The maximum Gasteiger partial charge on any atom is 0.112 e. The van der Waals surface area contributed by atoms with Gasteiger partial charge in [-0.15, -0.1) is 0 Å². The molecular formula is C15H20N2S. The molecule has 0 N–H and O–H groups in total. The highest BCUT2D eigenvalue weighted by molar-refractivity contribution is 7.79. The zero-order chi connectivity index (χ0) is 12.5. The molecule has 0 saturated heterocycles. The lowest BCUT2D eigenvalue weighted by Gasteiger charge is -2.20. The van der Waals surface area contributed by atoms with Crippen LogP contribution in [0.4, 0.5) is 0 Å². The minimum atomic E-state index is 0.663. The van der Waals surface area contributed by atoms with Crippen molar-refractivity contribution in [2.45, 2.75) is 43.8 Å². The second kappa shape index (κ2) is 4.96. The number of hydrogen-bond acceptors (Lipinski definition) is 2. The Bertz CT molecular complexity index is 553. The number of rotatable bonds is 2. The molecule has 0 radical (unpaired) electrons. The molecule has 18 heavy (non-hydrogen) atoms. The molecule has 2 aromatic rings. The molecule has 0 aliphatic heterocycles. The number of fused-ring (bicyclic) bond motifs is 1. The molecule has 1 saturated carbocycles. The number of aryl methyl sites for hydroxylation is 1. The third-order valence-electron chi connectivity index (χ3n) is 4.13. The molecule has 0 unspecified atom stereocenters. The van der Waals surface area contributed by atoms with Crippen molar-refractivity contribution in [3.05, 3.63) is 29.6 Å². The smallest absolute Gasteiger partial charge is 0.112 e. The number of imidazole rings is 1. The summed E-state index contributed by atoms with van der Waals surface area (Å²) in [6.07, 6.45) is 6.71. The van der Waals surface area contributed by atoms with Gasteiger partial charge in [0.2, 0.25) is 0 Å². The summed E-state index contributed by atoms with van der Waals surface area (Å²) in [4.78, 5) is 4.87. The number of aromatic nitrogens is 2. The Hall–Kier alpha value is -0.960. The lowest BCUT2D eigenvalue weighted by Crippen LogP contribution is -2.09. The Morgan fingerprint density at radius 2 is 2.06 bits per heavy atom. The lowest BCUT2D eigenvalue weighted by molar-refractivity contribution is 0.423. The highest BCUT2D eigenvalue weighted by atomic mass is 32.1. The Labute approximate surface area is 114 Å². The Morgan fingerprint density at radius 1 is 1.28 bits per heavy atom. The lowest BCUT2D eigenvalue weighted by atomic mass is 9.89. The van der Waals surface area contributed by atoms with E-state index < -0.39 is 0 Å². The largest absolute Gasteiger partial charge is 0.331 e. The van der Waals surface area contributed by atoms with Crippen LogP contribution in [0.25, 0.3) is 11.0 Å². The van der Waals surface area contributed by atoms with Crippen LogP contribution in [0, 0.1) is 0 Å². The summed E-state index contributed by atoms with van der Waals surface area (Å²) < 4.78 is 2.29. The van der Waals surface area contributed by atoms with Crippen molar-refractivity contribution < 1.29 is 0 Å². The van der Waals surface area contributed by atoms with E-state index in [-0.39, 0.29) is 0 Å². The third-order valence-corrected chi connectivity index (χ3v) is 4.50. The highest BCUT2D eigenvalue weighted by Gasteiger charge is 2.20. The van der Waals surface area contributed by atoms with Gasteiger partial charge >= 0.3 is 0 Å². The van der Waals surface area contributed by atoms with E-state index in [1.165, 1.54) is 49.0 Å². The van der Waals surface area contributed by atoms with Crippen LogP contribution in [0.3, 0.4) is 0 Å². The van der Waals surface area contributed by atoms with E-state index in [4.69, 9.17) is 4.98 Å². The maximum atomic E-state index is 4.87. The first kappa shape index (κ1) is 12.1. The van der Waals surface area contributed by atoms with E-state index in [0.29, 0.717) is 5.92 Å². The van der Waals surface area contributed by atoms with Crippen molar-refractivity contribution in [3.8, 4) is 0 Å². The van der Waals surface area contributed by atoms with Gasteiger partial charge in [-0.1, -0.05) is 25.3 Å². The summed E-state index contributed by atoms with van der Waals surface area (Å²) in [6, 6.07) is 6.51. The Kier molecular flexibility index (Phi) is 3.33. The number of nitrogens with zero attached hydrogens (tertiary/aromatic N) is 2. The van der Waals surface area contributed by atoms with Gasteiger partial charge in [-0.3, -0.25) is 0 Å². The minimum Gasteiger partial charge on any atom is -0.331 e. The van der Waals surface area contributed by atoms with Crippen LogP contribution >= 0.6 is 12.6 Å². The summed E-state index contributed by atoms with van der Waals surface area (Å²) in [5, 5.41) is 0. The summed E-state index contributed by atoms with van der Waals surface area (Å²) in [5.74, 6) is 2.72. The molecule has 3 heteroatoms. The molecule has 96 valence electrons. The average molecular weight is 260 g/mol. The predicted octanol–water partition coefficient (Wildman–Crippen LogP) is 4.05. The Balaban J connectivity index is 2.04. The first-order valence-corrected chi connectivity index (χ1v) is 7.49. The van der Waals surface area contributed by atoms with Crippen molar-refractivity contribution in [2.24, 2.45) is 7.05 Å². The molecule has 3 rings (SSSR count). The van der Waals surface area contributed by atoms with E-state index in [0.717, 1.165) is 11.3 Å². The number of thiol groups is 1. The van der Waals surface area contributed by atoms with Crippen molar-refractivity contribution in [2.75, 3.05) is 0 Å². The van der Waals surface area contributed by atoms with Crippen molar-refractivity contribution in [1.82, 2.24) is 9.55 Å². The van der Waals surface area contributed by atoms with Gasteiger partial charge in [0.25, 0.3) is 0 Å². The molecule has 1 heterocycles. The quantitative estimate of drug-likeness (QED) is 0.806. The van der Waals surface area contributed by atoms with Crippen LogP contribution in [-0.2, 0) is 12.8 Å². The summed E-state index contributed by atoms with van der Waals surface area (Å²) in [7, 11) is 2.15. The average Bonchev–Trinajstić information content (AvgIpc) is 2.76. The number of benzene rings is 1. The van der Waals surface area contributed by atoms with Gasteiger partial charge in [-0.05, 0) is 30.5 Å². The summed E-state index contributed by atoms with van der Waals surface area (Å²) >= 11 is 4.34. The van der Waals surface area contributed by atoms with Crippen LogP contribution in [-0.4, -0.2) is 9.55 Å². The molecule has 0 amide bonds. The summed E-state index contributed by atoms with van der Waals surface area (Å²) in [5.41, 5.74) is 3.63.